The van der Waals surface area contributed by atoms with Crippen LogP contribution in [0.3, 0.4) is 0 Å². The van der Waals surface area contributed by atoms with E-state index >= 15 is 0 Å². The SMILES string of the molecule is Cc1cc(C)cc(N(C)C(=O)C(=O)O)c1. The number of aryl methyl sites for hydroxylation is 2. The number of carbonyl (C=O) groups is 2. The fourth-order valence-electron chi connectivity index (χ4n) is 1.41. The quantitative estimate of drug-likeness (QED) is 0.707. The van der Waals surface area contributed by atoms with Crippen LogP contribution in [0.4, 0.5) is 5.69 Å². The Morgan fingerprint density at radius 2 is 1.60 bits per heavy atom. The molecule has 0 aromatic heterocycles. The van der Waals surface area contributed by atoms with E-state index in [1.807, 2.05) is 19.9 Å². The number of hydrogen-bond acceptors (Lipinski definition) is 2. The molecule has 0 aliphatic rings. The van der Waals surface area contributed by atoms with Gasteiger partial charge >= 0.3 is 11.9 Å². The second kappa shape index (κ2) is 4.13. The monoisotopic (exact) mass is 207 g/mol. The van der Waals surface area contributed by atoms with Crippen molar-refractivity contribution < 1.29 is 14.7 Å². The lowest BCUT2D eigenvalue weighted by atomic mass is 10.1. The molecular formula is C11H13NO3. The zero-order chi connectivity index (χ0) is 11.6. The van der Waals surface area contributed by atoms with Crippen molar-refractivity contribution in [3.8, 4) is 0 Å². The fraction of sp³-hybridized carbons (Fsp3) is 0.273. The molecule has 0 spiro atoms. The normalized spacial score (nSPS) is 9.80. The van der Waals surface area contributed by atoms with Crippen molar-refractivity contribution in [3.63, 3.8) is 0 Å². The lowest BCUT2D eigenvalue weighted by Gasteiger charge is -2.15. The molecule has 0 bridgehead atoms. The van der Waals surface area contributed by atoms with Gasteiger partial charge in [-0.05, 0) is 37.1 Å². The molecular weight excluding hydrogens is 194 g/mol. The molecule has 0 heterocycles. The van der Waals surface area contributed by atoms with Crippen molar-refractivity contribution >= 4 is 17.6 Å². The third kappa shape index (κ3) is 2.56. The summed E-state index contributed by atoms with van der Waals surface area (Å²) in [5, 5.41) is 8.56. The second-order valence-corrected chi connectivity index (χ2v) is 3.52. The Hall–Kier alpha value is -1.84. The van der Waals surface area contributed by atoms with Crippen LogP contribution in [-0.4, -0.2) is 24.0 Å². The molecule has 0 saturated carbocycles. The summed E-state index contributed by atoms with van der Waals surface area (Å²) in [7, 11) is 1.45. The van der Waals surface area contributed by atoms with E-state index in [0.29, 0.717) is 5.69 Å². The van der Waals surface area contributed by atoms with E-state index in [0.717, 1.165) is 16.0 Å². The first-order valence-electron chi connectivity index (χ1n) is 4.51. The molecule has 1 N–H and O–H groups in total. The van der Waals surface area contributed by atoms with Gasteiger partial charge in [0.05, 0.1) is 0 Å². The van der Waals surface area contributed by atoms with Gasteiger partial charge in [-0.25, -0.2) is 4.79 Å². The number of amides is 1. The van der Waals surface area contributed by atoms with Gasteiger partial charge in [-0.3, -0.25) is 4.79 Å². The molecule has 0 saturated heterocycles. The lowest BCUT2D eigenvalue weighted by Crippen LogP contribution is -2.32. The van der Waals surface area contributed by atoms with Crippen molar-refractivity contribution in [2.45, 2.75) is 13.8 Å². The summed E-state index contributed by atoms with van der Waals surface area (Å²) in [5.74, 6) is -2.38. The summed E-state index contributed by atoms with van der Waals surface area (Å²) >= 11 is 0. The maximum Gasteiger partial charge on any atom is 0.394 e. The van der Waals surface area contributed by atoms with E-state index in [9.17, 15) is 9.59 Å². The molecule has 1 amide bonds. The van der Waals surface area contributed by atoms with Crippen LogP contribution in [-0.2, 0) is 9.59 Å². The molecule has 1 aromatic carbocycles. The maximum absolute atomic E-state index is 11.2. The van der Waals surface area contributed by atoms with Crippen molar-refractivity contribution in [1.29, 1.82) is 0 Å². The first kappa shape index (κ1) is 11.2. The molecule has 0 radical (unpaired) electrons. The number of carboxylic acid groups (broad SMARTS) is 1. The van der Waals surface area contributed by atoms with E-state index in [1.54, 1.807) is 12.1 Å². The third-order valence-corrected chi connectivity index (χ3v) is 2.08. The second-order valence-electron chi connectivity index (χ2n) is 3.52. The third-order valence-electron chi connectivity index (χ3n) is 2.08. The molecule has 15 heavy (non-hydrogen) atoms. The standard InChI is InChI=1S/C11H13NO3/c1-7-4-8(2)6-9(5-7)12(3)10(13)11(14)15/h4-6H,1-3H3,(H,14,15). The zero-order valence-corrected chi connectivity index (χ0v) is 8.94. The Kier molecular flexibility index (Phi) is 3.09. The largest absolute Gasteiger partial charge is 0.474 e. The lowest BCUT2D eigenvalue weighted by molar-refractivity contribution is -0.148. The smallest absolute Gasteiger partial charge is 0.394 e. The van der Waals surface area contributed by atoms with E-state index in [4.69, 9.17) is 5.11 Å². The van der Waals surface area contributed by atoms with Gasteiger partial charge in [0.1, 0.15) is 0 Å². The number of anilines is 1. The molecule has 0 unspecified atom stereocenters. The Bertz CT molecular complexity index is 392. The summed E-state index contributed by atoms with van der Waals surface area (Å²) < 4.78 is 0. The Balaban J connectivity index is 3.06. The average molecular weight is 207 g/mol. The Morgan fingerprint density at radius 3 is 2.00 bits per heavy atom. The molecule has 4 heteroatoms. The van der Waals surface area contributed by atoms with Crippen LogP contribution in [0.5, 0.6) is 0 Å². The molecule has 4 nitrogen and oxygen atoms in total. The van der Waals surface area contributed by atoms with Crippen LogP contribution in [0.25, 0.3) is 0 Å². The van der Waals surface area contributed by atoms with E-state index in [-0.39, 0.29) is 0 Å². The first-order valence-corrected chi connectivity index (χ1v) is 4.51. The van der Waals surface area contributed by atoms with Crippen LogP contribution >= 0.6 is 0 Å². The van der Waals surface area contributed by atoms with Gasteiger partial charge in [0, 0.05) is 12.7 Å². The van der Waals surface area contributed by atoms with Gasteiger partial charge in [0.25, 0.3) is 0 Å². The molecule has 1 rings (SSSR count). The minimum Gasteiger partial charge on any atom is -0.474 e. The topological polar surface area (TPSA) is 57.6 Å². The highest BCUT2D eigenvalue weighted by molar-refractivity contribution is 6.37. The molecule has 0 fully saturated rings. The maximum atomic E-state index is 11.2. The number of benzene rings is 1. The molecule has 0 atom stereocenters. The van der Waals surface area contributed by atoms with Gasteiger partial charge in [-0.1, -0.05) is 6.07 Å². The molecule has 0 aliphatic carbocycles. The van der Waals surface area contributed by atoms with E-state index < -0.39 is 11.9 Å². The minimum atomic E-state index is -1.45. The highest BCUT2D eigenvalue weighted by atomic mass is 16.4. The van der Waals surface area contributed by atoms with Gasteiger partial charge in [0.2, 0.25) is 0 Å². The summed E-state index contributed by atoms with van der Waals surface area (Å²) in [6.45, 7) is 3.80. The van der Waals surface area contributed by atoms with Crippen LogP contribution in [0, 0.1) is 13.8 Å². The number of nitrogens with zero attached hydrogens (tertiary/aromatic N) is 1. The van der Waals surface area contributed by atoms with Gasteiger partial charge in [-0.2, -0.15) is 0 Å². The summed E-state index contributed by atoms with van der Waals surface area (Å²) in [6, 6.07) is 5.50. The highest BCUT2D eigenvalue weighted by Gasteiger charge is 2.18. The molecule has 0 aliphatic heterocycles. The Labute approximate surface area is 88.1 Å². The predicted octanol–water partition coefficient (Wildman–Crippen LogP) is 1.35. The minimum absolute atomic E-state index is 0.597. The number of likely N-dealkylation sites (N-methyl/N-ethyl adjacent to an activating group) is 1. The van der Waals surface area contributed by atoms with E-state index in [2.05, 4.69) is 0 Å². The van der Waals surface area contributed by atoms with Crippen LogP contribution < -0.4 is 4.90 Å². The van der Waals surface area contributed by atoms with Crippen molar-refractivity contribution in [1.82, 2.24) is 0 Å². The fourth-order valence-corrected chi connectivity index (χ4v) is 1.41. The van der Waals surface area contributed by atoms with Crippen LogP contribution in [0.2, 0.25) is 0 Å². The number of rotatable bonds is 1. The molecule has 1 aromatic rings. The number of aliphatic carboxylic acids is 1. The first-order chi connectivity index (χ1) is 6.91. The summed E-state index contributed by atoms with van der Waals surface area (Å²) in [4.78, 5) is 22.8. The van der Waals surface area contributed by atoms with Gasteiger partial charge < -0.3 is 10.0 Å². The predicted molar refractivity (Wildman–Crippen MR) is 57.0 cm³/mol. The van der Waals surface area contributed by atoms with Gasteiger partial charge in [-0.15, -0.1) is 0 Å². The number of carboxylic acids is 1. The highest BCUT2D eigenvalue weighted by Crippen LogP contribution is 2.17. The van der Waals surface area contributed by atoms with Crippen molar-refractivity contribution in [2.24, 2.45) is 0 Å². The van der Waals surface area contributed by atoms with Crippen LogP contribution in [0.15, 0.2) is 18.2 Å². The van der Waals surface area contributed by atoms with E-state index in [1.165, 1.54) is 7.05 Å². The van der Waals surface area contributed by atoms with Gasteiger partial charge in [0.15, 0.2) is 0 Å². The Morgan fingerprint density at radius 1 is 1.13 bits per heavy atom. The summed E-state index contributed by atoms with van der Waals surface area (Å²) in [6.07, 6.45) is 0. The number of carbonyl (C=O) groups excluding carboxylic acids is 1. The van der Waals surface area contributed by atoms with Crippen molar-refractivity contribution in [3.05, 3.63) is 29.3 Å². The van der Waals surface area contributed by atoms with Crippen LogP contribution in [0.1, 0.15) is 11.1 Å². The average Bonchev–Trinajstić information content (AvgIpc) is 2.13. The zero-order valence-electron chi connectivity index (χ0n) is 8.94. The summed E-state index contributed by atoms with van der Waals surface area (Å²) in [5.41, 5.74) is 2.59. The molecule has 80 valence electrons. The number of hydrogen-bond donors (Lipinski definition) is 1. The van der Waals surface area contributed by atoms with Crippen molar-refractivity contribution in [2.75, 3.05) is 11.9 Å².